The molecule has 0 aliphatic carbocycles. The third-order valence-corrected chi connectivity index (χ3v) is 4.31. The topological polar surface area (TPSA) is 81.7 Å². The van der Waals surface area contributed by atoms with Crippen molar-refractivity contribution in [3.63, 3.8) is 0 Å². The van der Waals surface area contributed by atoms with Crippen molar-refractivity contribution in [2.75, 3.05) is 13.2 Å². The average molecular weight is 429 g/mol. The molecule has 166 valence electrons. The minimum Gasteiger partial charge on any atom is -0.462 e. The van der Waals surface area contributed by atoms with E-state index in [2.05, 4.69) is 5.32 Å². The minimum atomic E-state index is -1.57. The van der Waals surface area contributed by atoms with Gasteiger partial charge < -0.3 is 14.8 Å². The molecule has 0 aliphatic heterocycles. The quantitative estimate of drug-likeness (QED) is 0.496. The molecule has 31 heavy (non-hydrogen) atoms. The van der Waals surface area contributed by atoms with Gasteiger partial charge in [0.2, 0.25) is 0 Å². The van der Waals surface area contributed by atoms with Crippen LogP contribution in [-0.2, 0) is 14.3 Å². The molecule has 7 heteroatoms. The molecule has 6 nitrogen and oxygen atoms in total. The molecule has 0 heterocycles. The summed E-state index contributed by atoms with van der Waals surface area (Å²) in [4.78, 5) is 36.5. The van der Waals surface area contributed by atoms with Gasteiger partial charge in [0.25, 0.3) is 0 Å². The molecule has 1 N–H and O–H groups in total. The third kappa shape index (κ3) is 7.85. The van der Waals surface area contributed by atoms with Gasteiger partial charge in [-0.1, -0.05) is 48.5 Å². The normalized spacial score (nSPS) is 13.1. The molecule has 0 spiro atoms. The highest BCUT2D eigenvalue weighted by Crippen LogP contribution is 2.20. The minimum absolute atomic E-state index is 0.153. The van der Waals surface area contributed by atoms with E-state index in [9.17, 15) is 18.8 Å². The van der Waals surface area contributed by atoms with Gasteiger partial charge in [-0.3, -0.25) is 9.59 Å². The van der Waals surface area contributed by atoms with E-state index in [1.807, 2.05) is 6.07 Å². The lowest BCUT2D eigenvalue weighted by molar-refractivity contribution is -0.146. The zero-order valence-electron chi connectivity index (χ0n) is 18.2. The van der Waals surface area contributed by atoms with Crippen LogP contribution in [0.4, 0.5) is 9.18 Å². The van der Waals surface area contributed by atoms with Crippen molar-refractivity contribution in [1.29, 1.82) is 0 Å². The number of ether oxygens (including phenoxy) is 2. The number of carbonyl (C=O) groups is 3. The van der Waals surface area contributed by atoms with Crippen LogP contribution < -0.4 is 5.32 Å². The second kappa shape index (κ2) is 10.7. The van der Waals surface area contributed by atoms with Crippen LogP contribution in [0.25, 0.3) is 0 Å². The van der Waals surface area contributed by atoms with Crippen LogP contribution in [0.15, 0.2) is 54.6 Å². The first-order chi connectivity index (χ1) is 14.6. The van der Waals surface area contributed by atoms with Crippen molar-refractivity contribution in [2.24, 2.45) is 0 Å². The summed E-state index contributed by atoms with van der Waals surface area (Å²) in [6, 6.07) is 15.5. The maximum Gasteiger partial charge on any atom is 0.407 e. The van der Waals surface area contributed by atoms with Crippen LogP contribution in [0.3, 0.4) is 0 Å². The van der Waals surface area contributed by atoms with Gasteiger partial charge in [-0.15, -0.1) is 0 Å². The highest BCUT2D eigenvalue weighted by molar-refractivity contribution is 6.09. The van der Waals surface area contributed by atoms with Crippen molar-refractivity contribution in [2.45, 2.75) is 45.4 Å². The number of amides is 1. The number of halogens is 1. The largest absolute Gasteiger partial charge is 0.462 e. The van der Waals surface area contributed by atoms with Crippen molar-refractivity contribution in [1.82, 2.24) is 5.32 Å². The van der Waals surface area contributed by atoms with Gasteiger partial charge in [0.05, 0.1) is 12.5 Å². The Morgan fingerprint density at radius 1 is 1.00 bits per heavy atom. The number of carbonyl (C=O) groups excluding carboxylic acids is 3. The second-order valence-electron chi connectivity index (χ2n) is 8.15. The summed E-state index contributed by atoms with van der Waals surface area (Å²) in [5.41, 5.74) is 0.906. The molecular weight excluding hydrogens is 401 g/mol. The molecule has 1 unspecified atom stereocenters. The zero-order valence-corrected chi connectivity index (χ0v) is 18.2. The van der Waals surface area contributed by atoms with Gasteiger partial charge in [0.15, 0.2) is 12.0 Å². The molecule has 2 rings (SSSR count). The van der Waals surface area contributed by atoms with Crippen LogP contribution in [0.5, 0.6) is 0 Å². The average Bonchev–Trinajstić information content (AvgIpc) is 2.74. The number of hydrogen-bond donors (Lipinski definition) is 1. The summed E-state index contributed by atoms with van der Waals surface area (Å²) in [7, 11) is 0. The summed E-state index contributed by atoms with van der Waals surface area (Å²) in [6.45, 7) is 5.89. The zero-order chi connectivity index (χ0) is 23.0. The summed E-state index contributed by atoms with van der Waals surface area (Å²) in [6.07, 6.45) is -2.32. The maximum atomic E-state index is 14.0. The summed E-state index contributed by atoms with van der Waals surface area (Å²) < 4.78 is 24.1. The summed E-state index contributed by atoms with van der Waals surface area (Å²) in [5, 5.41) is 2.29. The van der Waals surface area contributed by atoms with Crippen LogP contribution in [0, 0.1) is 0 Å². The van der Waals surface area contributed by atoms with Crippen molar-refractivity contribution >= 4 is 17.8 Å². The van der Waals surface area contributed by atoms with E-state index in [0.29, 0.717) is 16.7 Å². The van der Waals surface area contributed by atoms with Crippen LogP contribution in [0.2, 0.25) is 0 Å². The van der Waals surface area contributed by atoms with E-state index in [-0.39, 0.29) is 12.3 Å². The van der Waals surface area contributed by atoms with Crippen molar-refractivity contribution in [3.8, 4) is 0 Å². The van der Waals surface area contributed by atoms with Crippen LogP contribution >= 0.6 is 0 Å². The number of hydrogen-bond acceptors (Lipinski definition) is 5. The Kier molecular flexibility index (Phi) is 8.30. The Labute approximate surface area is 181 Å². The molecule has 0 aromatic heterocycles. The lowest BCUT2D eigenvalue weighted by Crippen LogP contribution is -2.37. The van der Waals surface area contributed by atoms with Gasteiger partial charge in [-0.05, 0) is 39.3 Å². The number of alkyl carbamates (subject to hydrolysis) is 1. The number of ketones is 1. The summed E-state index contributed by atoms with van der Waals surface area (Å²) in [5.74, 6) is -1.46. The fraction of sp³-hybridized carbons (Fsp3) is 0.375. The van der Waals surface area contributed by atoms with Crippen molar-refractivity contribution in [3.05, 3.63) is 71.3 Å². The monoisotopic (exact) mass is 429 g/mol. The fourth-order valence-corrected chi connectivity index (χ4v) is 2.71. The first-order valence-electron chi connectivity index (χ1n) is 10.0. The Morgan fingerprint density at radius 3 is 2.29 bits per heavy atom. The van der Waals surface area contributed by atoms with E-state index in [4.69, 9.17) is 9.47 Å². The van der Waals surface area contributed by atoms with E-state index in [1.165, 1.54) is 0 Å². The van der Waals surface area contributed by atoms with Gasteiger partial charge >= 0.3 is 12.1 Å². The highest BCUT2D eigenvalue weighted by atomic mass is 19.1. The van der Waals surface area contributed by atoms with E-state index in [0.717, 1.165) is 0 Å². The first kappa shape index (κ1) is 24.1. The van der Waals surface area contributed by atoms with Gasteiger partial charge in [0, 0.05) is 11.1 Å². The smallest absolute Gasteiger partial charge is 0.407 e. The number of alkyl halides is 1. The molecule has 0 fully saturated rings. The number of rotatable bonds is 8. The molecule has 2 aromatic carbocycles. The van der Waals surface area contributed by atoms with E-state index < -0.39 is 36.4 Å². The number of benzene rings is 2. The van der Waals surface area contributed by atoms with Crippen LogP contribution in [0.1, 0.15) is 55.1 Å². The SMILES string of the molecule is C[C@@H](C(=O)OCC(F)CNC(=O)OC(C)(C)C)c1cccc(C(=O)c2ccccc2)c1. The standard InChI is InChI=1S/C24H28FNO5/c1-16(22(28)30-15-20(25)14-26-23(29)31-24(2,3)4)18-11-8-12-19(13-18)21(27)17-9-6-5-7-10-17/h5-13,16,20H,14-15H2,1-4H3,(H,26,29)/t16-,20?/m1/s1. The molecule has 0 saturated heterocycles. The Hall–Kier alpha value is -3.22. The van der Waals surface area contributed by atoms with Gasteiger partial charge in [0.1, 0.15) is 12.2 Å². The lowest BCUT2D eigenvalue weighted by atomic mass is 9.96. The van der Waals surface area contributed by atoms with Crippen LogP contribution in [-0.4, -0.2) is 42.8 Å². The second-order valence-corrected chi connectivity index (χ2v) is 8.15. The molecule has 1 amide bonds. The summed E-state index contributed by atoms with van der Waals surface area (Å²) >= 11 is 0. The van der Waals surface area contributed by atoms with Crippen molar-refractivity contribution < 1.29 is 28.2 Å². The van der Waals surface area contributed by atoms with Gasteiger partial charge in [-0.25, -0.2) is 9.18 Å². The molecular formula is C24H28FNO5. The predicted molar refractivity (Wildman–Crippen MR) is 115 cm³/mol. The molecule has 0 radical (unpaired) electrons. The maximum absolute atomic E-state index is 14.0. The Morgan fingerprint density at radius 2 is 1.65 bits per heavy atom. The fourth-order valence-electron chi connectivity index (χ4n) is 2.71. The molecule has 0 bridgehead atoms. The van der Waals surface area contributed by atoms with Gasteiger partial charge in [-0.2, -0.15) is 0 Å². The highest BCUT2D eigenvalue weighted by Gasteiger charge is 2.21. The number of nitrogens with one attached hydrogen (secondary N) is 1. The molecule has 0 saturated carbocycles. The lowest BCUT2D eigenvalue weighted by Gasteiger charge is -2.20. The Balaban J connectivity index is 1.89. The van der Waals surface area contributed by atoms with E-state index in [1.54, 1.807) is 76.2 Å². The third-order valence-electron chi connectivity index (χ3n) is 4.31. The molecule has 2 aromatic rings. The molecule has 2 atom stereocenters. The predicted octanol–water partition coefficient (Wildman–Crippen LogP) is 4.43. The first-order valence-corrected chi connectivity index (χ1v) is 10.0. The Bertz CT molecular complexity index is 908. The number of esters is 1. The van der Waals surface area contributed by atoms with E-state index >= 15 is 0 Å². The molecule has 0 aliphatic rings.